The van der Waals surface area contributed by atoms with Crippen molar-refractivity contribution in [2.24, 2.45) is 5.73 Å². The number of primary amides is 1. The standard InChI is InChI=1S/C17H23ClN2O2/c18-13-5-3-12(4-6-13)16(17(19)21)15-2-1-9-20(15)14-7-10-22-11-8-14/h3-6,14-16H,1-2,7-11H2,(H2,19,21)/t15-,16-/m0/s1. The Kier molecular flexibility index (Phi) is 5.01. The predicted octanol–water partition coefficient (Wildman–Crippen LogP) is 2.55. The van der Waals surface area contributed by atoms with E-state index in [0.717, 1.165) is 51.0 Å². The third kappa shape index (κ3) is 3.29. The van der Waals surface area contributed by atoms with Gasteiger partial charge in [0.2, 0.25) is 5.91 Å². The average Bonchev–Trinajstić information content (AvgIpc) is 2.99. The van der Waals surface area contributed by atoms with E-state index >= 15 is 0 Å². The highest BCUT2D eigenvalue weighted by Gasteiger charge is 2.39. The van der Waals surface area contributed by atoms with Crippen LogP contribution in [-0.2, 0) is 9.53 Å². The Balaban J connectivity index is 1.83. The molecule has 120 valence electrons. The molecule has 2 N–H and O–H groups in total. The van der Waals surface area contributed by atoms with Gasteiger partial charge in [-0.15, -0.1) is 0 Å². The van der Waals surface area contributed by atoms with Crippen molar-refractivity contribution in [2.75, 3.05) is 19.8 Å². The first kappa shape index (κ1) is 15.8. The van der Waals surface area contributed by atoms with Crippen molar-refractivity contribution in [1.82, 2.24) is 4.90 Å². The summed E-state index contributed by atoms with van der Waals surface area (Å²) >= 11 is 5.97. The maximum Gasteiger partial charge on any atom is 0.226 e. The van der Waals surface area contributed by atoms with Crippen molar-refractivity contribution in [2.45, 2.75) is 43.7 Å². The van der Waals surface area contributed by atoms with E-state index < -0.39 is 0 Å². The number of hydrogen-bond acceptors (Lipinski definition) is 3. The van der Waals surface area contributed by atoms with Gasteiger partial charge in [-0.05, 0) is 49.9 Å². The van der Waals surface area contributed by atoms with Gasteiger partial charge in [-0.2, -0.15) is 0 Å². The summed E-state index contributed by atoms with van der Waals surface area (Å²) in [5.41, 5.74) is 6.73. The summed E-state index contributed by atoms with van der Waals surface area (Å²) in [5.74, 6) is -0.506. The summed E-state index contributed by atoms with van der Waals surface area (Å²) in [6, 6.07) is 8.23. The fraction of sp³-hybridized carbons (Fsp3) is 0.588. The normalized spacial score (nSPS) is 25.2. The summed E-state index contributed by atoms with van der Waals surface area (Å²) in [6.07, 6.45) is 4.23. The third-order valence-electron chi connectivity index (χ3n) is 4.92. The lowest BCUT2D eigenvalue weighted by atomic mass is 9.88. The van der Waals surface area contributed by atoms with E-state index in [1.807, 2.05) is 24.3 Å². The number of nitrogens with zero attached hydrogens (tertiary/aromatic N) is 1. The Bertz CT molecular complexity index is 514. The van der Waals surface area contributed by atoms with Crippen LogP contribution >= 0.6 is 11.6 Å². The fourth-order valence-corrected chi connectivity index (χ4v) is 4.02. The maximum absolute atomic E-state index is 12.1. The van der Waals surface area contributed by atoms with Crippen molar-refractivity contribution < 1.29 is 9.53 Å². The molecule has 0 bridgehead atoms. The molecule has 2 atom stereocenters. The smallest absolute Gasteiger partial charge is 0.226 e. The summed E-state index contributed by atoms with van der Waals surface area (Å²) < 4.78 is 5.47. The number of hydrogen-bond donors (Lipinski definition) is 1. The molecule has 0 aromatic heterocycles. The molecule has 2 fully saturated rings. The molecule has 0 spiro atoms. The van der Waals surface area contributed by atoms with Gasteiger partial charge in [-0.1, -0.05) is 23.7 Å². The Morgan fingerprint density at radius 1 is 1.23 bits per heavy atom. The van der Waals surface area contributed by atoms with Crippen LogP contribution in [0.5, 0.6) is 0 Å². The van der Waals surface area contributed by atoms with Gasteiger partial charge in [0.1, 0.15) is 0 Å². The van der Waals surface area contributed by atoms with E-state index in [-0.39, 0.29) is 17.9 Å². The first-order chi connectivity index (χ1) is 10.7. The van der Waals surface area contributed by atoms with Crippen molar-refractivity contribution in [1.29, 1.82) is 0 Å². The van der Waals surface area contributed by atoms with E-state index in [1.54, 1.807) is 0 Å². The zero-order valence-corrected chi connectivity index (χ0v) is 13.5. The van der Waals surface area contributed by atoms with E-state index in [1.165, 1.54) is 0 Å². The van der Waals surface area contributed by atoms with Gasteiger partial charge in [-0.3, -0.25) is 9.69 Å². The number of amides is 1. The fourth-order valence-electron chi connectivity index (χ4n) is 3.89. The van der Waals surface area contributed by atoms with Gasteiger partial charge in [0.25, 0.3) is 0 Å². The van der Waals surface area contributed by atoms with Crippen LogP contribution < -0.4 is 5.73 Å². The lowest BCUT2D eigenvalue weighted by Gasteiger charge is -2.38. The highest BCUT2D eigenvalue weighted by Crippen LogP contribution is 2.35. The average molecular weight is 323 g/mol. The predicted molar refractivity (Wildman–Crippen MR) is 87.0 cm³/mol. The van der Waals surface area contributed by atoms with Gasteiger partial charge < -0.3 is 10.5 Å². The minimum absolute atomic E-state index is 0.196. The number of carbonyl (C=O) groups excluding carboxylic acids is 1. The molecule has 0 saturated carbocycles. The number of ether oxygens (including phenoxy) is 1. The monoisotopic (exact) mass is 322 g/mol. The SMILES string of the molecule is NC(=O)[C@@H](c1ccc(Cl)cc1)[C@@H]1CCCN1C1CCOCC1. The van der Waals surface area contributed by atoms with E-state index in [0.29, 0.717) is 11.1 Å². The molecule has 0 radical (unpaired) electrons. The first-order valence-electron chi connectivity index (χ1n) is 8.05. The molecule has 1 amide bonds. The molecule has 4 nitrogen and oxygen atoms in total. The lowest BCUT2D eigenvalue weighted by Crippen LogP contribution is -2.47. The Labute approximate surface area is 136 Å². The highest BCUT2D eigenvalue weighted by molar-refractivity contribution is 6.30. The highest BCUT2D eigenvalue weighted by atomic mass is 35.5. The number of carbonyl (C=O) groups is 1. The Morgan fingerprint density at radius 3 is 2.55 bits per heavy atom. The molecular weight excluding hydrogens is 300 g/mol. The number of halogens is 1. The van der Waals surface area contributed by atoms with Crippen LogP contribution in [0.1, 0.15) is 37.2 Å². The molecule has 1 aromatic carbocycles. The third-order valence-corrected chi connectivity index (χ3v) is 5.17. The quantitative estimate of drug-likeness (QED) is 0.927. The van der Waals surface area contributed by atoms with Crippen molar-refractivity contribution in [3.63, 3.8) is 0 Å². The zero-order valence-electron chi connectivity index (χ0n) is 12.7. The Morgan fingerprint density at radius 2 is 1.91 bits per heavy atom. The number of benzene rings is 1. The van der Waals surface area contributed by atoms with Gasteiger partial charge in [0.05, 0.1) is 5.92 Å². The van der Waals surface area contributed by atoms with Crippen molar-refractivity contribution in [3.05, 3.63) is 34.9 Å². The molecule has 0 unspecified atom stereocenters. The molecular formula is C17H23ClN2O2. The van der Waals surface area contributed by atoms with E-state index in [9.17, 15) is 4.79 Å². The van der Waals surface area contributed by atoms with E-state index in [4.69, 9.17) is 22.1 Å². The van der Waals surface area contributed by atoms with Gasteiger partial charge >= 0.3 is 0 Å². The number of rotatable bonds is 4. The minimum Gasteiger partial charge on any atom is -0.381 e. The van der Waals surface area contributed by atoms with Gasteiger partial charge in [0, 0.05) is 30.3 Å². The lowest BCUT2D eigenvalue weighted by molar-refractivity contribution is -0.121. The van der Waals surface area contributed by atoms with Crippen LogP contribution in [0.3, 0.4) is 0 Å². The summed E-state index contributed by atoms with van der Waals surface area (Å²) in [6.45, 7) is 2.68. The second-order valence-corrected chi connectivity index (χ2v) is 6.66. The largest absolute Gasteiger partial charge is 0.381 e. The van der Waals surface area contributed by atoms with E-state index in [2.05, 4.69) is 4.90 Å². The molecule has 2 saturated heterocycles. The van der Waals surface area contributed by atoms with Crippen LogP contribution in [0.25, 0.3) is 0 Å². The molecule has 3 rings (SSSR count). The van der Waals surface area contributed by atoms with Crippen molar-refractivity contribution >= 4 is 17.5 Å². The second kappa shape index (κ2) is 6.99. The van der Waals surface area contributed by atoms with Crippen LogP contribution in [0.15, 0.2) is 24.3 Å². The summed E-state index contributed by atoms with van der Waals surface area (Å²) in [7, 11) is 0. The molecule has 1 aromatic rings. The molecule has 2 aliphatic rings. The van der Waals surface area contributed by atoms with Gasteiger partial charge in [-0.25, -0.2) is 0 Å². The summed E-state index contributed by atoms with van der Waals surface area (Å²) in [4.78, 5) is 14.6. The molecule has 2 aliphatic heterocycles. The first-order valence-corrected chi connectivity index (χ1v) is 8.43. The van der Waals surface area contributed by atoms with Crippen LogP contribution in [0.2, 0.25) is 5.02 Å². The molecule has 5 heteroatoms. The number of likely N-dealkylation sites (tertiary alicyclic amines) is 1. The summed E-state index contributed by atoms with van der Waals surface area (Å²) in [5, 5.41) is 0.680. The Hall–Kier alpha value is -1.10. The second-order valence-electron chi connectivity index (χ2n) is 6.22. The zero-order chi connectivity index (χ0) is 15.5. The van der Waals surface area contributed by atoms with Gasteiger partial charge in [0.15, 0.2) is 0 Å². The topological polar surface area (TPSA) is 55.6 Å². The molecule has 22 heavy (non-hydrogen) atoms. The van der Waals surface area contributed by atoms with Crippen LogP contribution in [0, 0.1) is 0 Å². The number of nitrogens with two attached hydrogens (primary N) is 1. The maximum atomic E-state index is 12.1. The molecule has 2 heterocycles. The van der Waals surface area contributed by atoms with Crippen LogP contribution in [-0.4, -0.2) is 42.6 Å². The molecule has 0 aliphatic carbocycles. The van der Waals surface area contributed by atoms with Crippen LogP contribution in [0.4, 0.5) is 0 Å². The van der Waals surface area contributed by atoms with Crippen molar-refractivity contribution in [3.8, 4) is 0 Å². The minimum atomic E-state index is -0.261.